The molecule has 8 heteroatoms. The van der Waals surface area contributed by atoms with Crippen LogP contribution in [-0.2, 0) is 25.4 Å². The Kier molecular flexibility index (Phi) is 10.9. The zero-order chi connectivity index (χ0) is 21.2. The molecule has 31 heavy (non-hydrogen) atoms. The second kappa shape index (κ2) is 13.4. The molecule has 0 amide bonds. The highest BCUT2D eigenvalue weighted by Gasteiger charge is 2.06. The van der Waals surface area contributed by atoms with Crippen molar-refractivity contribution in [2.75, 3.05) is 12.8 Å². The van der Waals surface area contributed by atoms with Crippen molar-refractivity contribution in [3.63, 3.8) is 0 Å². The normalized spacial score (nSPS) is 11.1. The fourth-order valence-electron chi connectivity index (χ4n) is 3.09. The number of nitrogens with zero attached hydrogens (tertiary/aromatic N) is 3. The first-order valence-electron chi connectivity index (χ1n) is 10.00. The minimum absolute atomic E-state index is 0. The third kappa shape index (κ3) is 8.17. The fourth-order valence-corrected chi connectivity index (χ4v) is 3.67. The Labute approximate surface area is 205 Å². The van der Waals surface area contributed by atoms with Gasteiger partial charge in [-0.2, -0.15) is 11.8 Å². The highest BCUT2D eigenvalue weighted by molar-refractivity contribution is 14.0. The molecule has 1 aromatic heterocycles. The number of benzene rings is 2. The van der Waals surface area contributed by atoms with E-state index in [1.807, 2.05) is 36.3 Å². The molecule has 2 N–H and O–H groups in total. The van der Waals surface area contributed by atoms with Crippen molar-refractivity contribution in [2.45, 2.75) is 32.3 Å². The van der Waals surface area contributed by atoms with Crippen LogP contribution in [0.25, 0.3) is 0 Å². The molecule has 0 aliphatic rings. The van der Waals surface area contributed by atoms with Gasteiger partial charge in [-0.15, -0.1) is 24.0 Å². The van der Waals surface area contributed by atoms with Crippen molar-refractivity contribution in [1.82, 2.24) is 20.2 Å². The van der Waals surface area contributed by atoms with Gasteiger partial charge >= 0.3 is 0 Å². The van der Waals surface area contributed by atoms with E-state index in [-0.39, 0.29) is 29.8 Å². The minimum atomic E-state index is -0.195. The Morgan fingerprint density at radius 3 is 2.55 bits per heavy atom. The highest BCUT2D eigenvalue weighted by atomic mass is 127. The Bertz CT molecular complexity index is 945. The summed E-state index contributed by atoms with van der Waals surface area (Å²) in [7, 11) is 0. The smallest absolute Gasteiger partial charge is 0.191 e. The van der Waals surface area contributed by atoms with Gasteiger partial charge in [0, 0.05) is 37.8 Å². The Hall–Kier alpha value is -2.07. The van der Waals surface area contributed by atoms with Crippen molar-refractivity contribution >= 4 is 41.7 Å². The number of aliphatic imine (C=N–C) groups is 1. The van der Waals surface area contributed by atoms with Gasteiger partial charge in [-0.1, -0.05) is 30.3 Å². The van der Waals surface area contributed by atoms with Crippen molar-refractivity contribution in [3.05, 3.63) is 89.3 Å². The SMILES string of the molecule is CCNC(=NCc1ccc(Cn2ccnc2)cc1)NCc1ccc(F)cc1CSC.I. The maximum Gasteiger partial charge on any atom is 0.191 e. The molecule has 3 rings (SSSR count). The highest BCUT2D eigenvalue weighted by Crippen LogP contribution is 2.16. The number of hydrogen-bond acceptors (Lipinski definition) is 3. The van der Waals surface area contributed by atoms with Gasteiger partial charge < -0.3 is 15.2 Å². The molecule has 166 valence electrons. The Morgan fingerprint density at radius 1 is 1.10 bits per heavy atom. The third-order valence-electron chi connectivity index (χ3n) is 4.63. The summed E-state index contributed by atoms with van der Waals surface area (Å²) in [6.45, 7) is 4.81. The van der Waals surface area contributed by atoms with Gasteiger partial charge in [0.25, 0.3) is 0 Å². The number of halogens is 2. The van der Waals surface area contributed by atoms with E-state index in [2.05, 4.69) is 39.9 Å². The molecular weight excluding hydrogens is 524 g/mol. The molecule has 0 atom stereocenters. The van der Waals surface area contributed by atoms with Gasteiger partial charge in [0.15, 0.2) is 5.96 Å². The van der Waals surface area contributed by atoms with E-state index >= 15 is 0 Å². The van der Waals surface area contributed by atoms with Crippen molar-refractivity contribution in [1.29, 1.82) is 0 Å². The molecule has 0 radical (unpaired) electrons. The van der Waals surface area contributed by atoms with Gasteiger partial charge in [-0.05, 0) is 47.6 Å². The summed E-state index contributed by atoms with van der Waals surface area (Å²) in [6.07, 6.45) is 7.58. The number of aromatic nitrogens is 2. The van der Waals surface area contributed by atoms with Crippen LogP contribution in [0.4, 0.5) is 4.39 Å². The van der Waals surface area contributed by atoms with Crippen LogP contribution in [0.3, 0.4) is 0 Å². The Morgan fingerprint density at radius 2 is 1.87 bits per heavy atom. The average Bonchev–Trinajstić information content (AvgIpc) is 3.25. The van der Waals surface area contributed by atoms with E-state index in [0.29, 0.717) is 13.1 Å². The van der Waals surface area contributed by atoms with E-state index in [1.54, 1.807) is 24.0 Å². The molecule has 0 unspecified atom stereocenters. The molecule has 0 fully saturated rings. The van der Waals surface area contributed by atoms with Crippen molar-refractivity contribution < 1.29 is 4.39 Å². The summed E-state index contributed by atoms with van der Waals surface area (Å²) in [5.41, 5.74) is 4.47. The largest absolute Gasteiger partial charge is 0.357 e. The third-order valence-corrected chi connectivity index (χ3v) is 5.23. The second-order valence-corrected chi connectivity index (χ2v) is 7.81. The zero-order valence-electron chi connectivity index (χ0n) is 17.8. The van der Waals surface area contributed by atoms with E-state index < -0.39 is 0 Å². The van der Waals surface area contributed by atoms with E-state index in [1.165, 1.54) is 11.6 Å². The van der Waals surface area contributed by atoms with Crippen LogP contribution in [0.1, 0.15) is 29.2 Å². The molecule has 0 saturated heterocycles. The summed E-state index contributed by atoms with van der Waals surface area (Å²) in [5, 5.41) is 6.64. The average molecular weight is 553 g/mol. The van der Waals surface area contributed by atoms with Crippen LogP contribution in [0, 0.1) is 5.82 Å². The molecule has 5 nitrogen and oxygen atoms in total. The standard InChI is InChI=1S/C23H28FN5S.HI/c1-3-26-23(28-14-20-8-9-22(24)12-21(20)16-30-2)27-13-18-4-6-19(7-5-18)15-29-11-10-25-17-29;/h4-12,17H,3,13-16H2,1-2H3,(H2,26,27,28);1H. The summed E-state index contributed by atoms with van der Waals surface area (Å²) < 4.78 is 15.6. The van der Waals surface area contributed by atoms with Crippen LogP contribution in [0.2, 0.25) is 0 Å². The lowest BCUT2D eigenvalue weighted by atomic mass is 10.1. The predicted molar refractivity (Wildman–Crippen MR) is 138 cm³/mol. The first kappa shape index (κ1) is 25.2. The quantitative estimate of drug-likeness (QED) is 0.227. The van der Waals surface area contributed by atoms with Crippen LogP contribution in [0.5, 0.6) is 0 Å². The van der Waals surface area contributed by atoms with Gasteiger partial charge in [-0.3, -0.25) is 0 Å². The lowest BCUT2D eigenvalue weighted by Crippen LogP contribution is -2.37. The van der Waals surface area contributed by atoms with E-state index in [4.69, 9.17) is 4.99 Å². The molecule has 2 aromatic carbocycles. The topological polar surface area (TPSA) is 54.2 Å². The first-order valence-corrected chi connectivity index (χ1v) is 11.4. The Balaban J connectivity index is 0.00000341. The molecule has 0 saturated carbocycles. The zero-order valence-corrected chi connectivity index (χ0v) is 21.0. The monoisotopic (exact) mass is 553 g/mol. The second-order valence-electron chi connectivity index (χ2n) is 6.95. The maximum atomic E-state index is 13.6. The maximum absolute atomic E-state index is 13.6. The minimum Gasteiger partial charge on any atom is -0.357 e. The van der Waals surface area contributed by atoms with Crippen LogP contribution < -0.4 is 10.6 Å². The van der Waals surface area contributed by atoms with Crippen molar-refractivity contribution in [2.24, 2.45) is 4.99 Å². The van der Waals surface area contributed by atoms with Gasteiger partial charge in [0.05, 0.1) is 12.9 Å². The number of thioether (sulfide) groups is 1. The van der Waals surface area contributed by atoms with Crippen LogP contribution in [-0.4, -0.2) is 28.3 Å². The molecule has 0 spiro atoms. The summed E-state index contributed by atoms with van der Waals surface area (Å²) >= 11 is 1.69. The van der Waals surface area contributed by atoms with Crippen molar-refractivity contribution in [3.8, 4) is 0 Å². The summed E-state index contributed by atoms with van der Waals surface area (Å²) in [4.78, 5) is 8.77. The number of guanidine groups is 1. The number of nitrogens with one attached hydrogen (secondary N) is 2. The van der Waals surface area contributed by atoms with E-state index in [9.17, 15) is 4.39 Å². The van der Waals surface area contributed by atoms with Gasteiger partial charge in [0.2, 0.25) is 0 Å². The molecule has 0 aliphatic carbocycles. The molecular formula is C23H29FIN5S. The summed E-state index contributed by atoms with van der Waals surface area (Å²) in [5.74, 6) is 1.34. The predicted octanol–water partition coefficient (Wildman–Crippen LogP) is 4.81. The van der Waals surface area contributed by atoms with E-state index in [0.717, 1.165) is 41.5 Å². The van der Waals surface area contributed by atoms with Crippen LogP contribution >= 0.6 is 35.7 Å². The lowest BCUT2D eigenvalue weighted by molar-refractivity contribution is 0.625. The lowest BCUT2D eigenvalue weighted by Gasteiger charge is -2.14. The first-order chi connectivity index (χ1) is 14.7. The molecule has 3 aromatic rings. The number of hydrogen-bond donors (Lipinski definition) is 2. The molecule has 0 bridgehead atoms. The molecule has 1 heterocycles. The van der Waals surface area contributed by atoms with Crippen LogP contribution in [0.15, 0.2) is 66.2 Å². The number of imidazole rings is 1. The number of rotatable bonds is 9. The molecule has 0 aliphatic heterocycles. The van der Waals surface area contributed by atoms with Gasteiger partial charge in [-0.25, -0.2) is 14.4 Å². The summed E-state index contributed by atoms with van der Waals surface area (Å²) in [6, 6.07) is 13.4. The fraction of sp³-hybridized carbons (Fsp3) is 0.304. The van der Waals surface area contributed by atoms with Gasteiger partial charge in [0.1, 0.15) is 5.82 Å².